The van der Waals surface area contributed by atoms with E-state index in [0.717, 1.165) is 22.4 Å². The number of ether oxygens (including phenoxy) is 1. The molecule has 2 rings (SSSR count). The summed E-state index contributed by atoms with van der Waals surface area (Å²) in [5.41, 5.74) is 9.58. The van der Waals surface area contributed by atoms with Crippen LogP contribution in [-0.4, -0.2) is 17.9 Å². The molecule has 0 aromatic heterocycles. The zero-order valence-electron chi connectivity index (χ0n) is 14.3. The minimum absolute atomic E-state index is 0.232. The molecule has 0 fully saturated rings. The molecule has 3 N–H and O–H groups in total. The van der Waals surface area contributed by atoms with Gasteiger partial charge in [0.2, 0.25) is 5.91 Å². The van der Waals surface area contributed by atoms with Gasteiger partial charge in [0, 0.05) is 11.3 Å². The van der Waals surface area contributed by atoms with Gasteiger partial charge in [0.1, 0.15) is 5.75 Å². The Kier molecular flexibility index (Phi) is 5.24. The lowest BCUT2D eigenvalue weighted by molar-refractivity contribution is -0.122. The van der Waals surface area contributed by atoms with Crippen LogP contribution in [0.15, 0.2) is 36.4 Å². The van der Waals surface area contributed by atoms with E-state index in [2.05, 4.69) is 5.32 Å². The Morgan fingerprint density at radius 1 is 1.04 bits per heavy atom. The van der Waals surface area contributed by atoms with Crippen LogP contribution < -0.4 is 15.8 Å². The summed E-state index contributed by atoms with van der Waals surface area (Å²) in [6.07, 6.45) is -0.676. The van der Waals surface area contributed by atoms with Crippen LogP contribution in [0.5, 0.6) is 5.75 Å². The standard InChI is InChI=1S/C19H22N2O3/c1-11-9-12(2)17(13(3)10-11)21-19(23)14(4)24-16-7-5-15(6-8-16)18(20)22/h5-10,14H,1-4H3,(H2,20,22)(H,21,23)/t14-/m1/s1. The summed E-state index contributed by atoms with van der Waals surface area (Å²) in [7, 11) is 0. The maximum Gasteiger partial charge on any atom is 0.265 e. The molecule has 0 unspecified atom stereocenters. The maximum absolute atomic E-state index is 12.4. The first-order chi connectivity index (χ1) is 11.3. The number of nitrogens with one attached hydrogen (secondary N) is 1. The van der Waals surface area contributed by atoms with E-state index in [-0.39, 0.29) is 5.91 Å². The normalized spacial score (nSPS) is 11.7. The molecule has 0 heterocycles. The maximum atomic E-state index is 12.4. The molecule has 2 amide bonds. The highest BCUT2D eigenvalue weighted by atomic mass is 16.5. The number of benzene rings is 2. The Hall–Kier alpha value is -2.82. The molecule has 0 radical (unpaired) electrons. The number of nitrogens with two attached hydrogens (primary N) is 1. The minimum Gasteiger partial charge on any atom is -0.481 e. The van der Waals surface area contributed by atoms with Crippen molar-refractivity contribution in [3.05, 3.63) is 58.7 Å². The van der Waals surface area contributed by atoms with E-state index in [0.29, 0.717) is 11.3 Å². The molecule has 1 atom stereocenters. The lowest BCUT2D eigenvalue weighted by atomic mass is 10.0. The van der Waals surface area contributed by atoms with Crippen molar-refractivity contribution in [1.82, 2.24) is 0 Å². The molecule has 2 aromatic carbocycles. The van der Waals surface area contributed by atoms with Gasteiger partial charge in [-0.3, -0.25) is 9.59 Å². The van der Waals surface area contributed by atoms with Crippen LogP contribution in [0, 0.1) is 20.8 Å². The topological polar surface area (TPSA) is 81.4 Å². The van der Waals surface area contributed by atoms with Crippen molar-refractivity contribution in [2.45, 2.75) is 33.8 Å². The van der Waals surface area contributed by atoms with Gasteiger partial charge in [-0.25, -0.2) is 0 Å². The first kappa shape index (κ1) is 17.5. The molecule has 0 saturated carbocycles. The van der Waals surface area contributed by atoms with Crippen molar-refractivity contribution in [2.24, 2.45) is 5.73 Å². The van der Waals surface area contributed by atoms with Crippen molar-refractivity contribution in [3.63, 3.8) is 0 Å². The predicted molar refractivity (Wildman–Crippen MR) is 94.3 cm³/mol. The van der Waals surface area contributed by atoms with Gasteiger partial charge >= 0.3 is 0 Å². The van der Waals surface area contributed by atoms with Gasteiger partial charge in [-0.1, -0.05) is 17.7 Å². The second-order valence-corrected chi connectivity index (χ2v) is 5.91. The molecule has 0 aliphatic heterocycles. The Bertz CT molecular complexity index is 744. The molecule has 24 heavy (non-hydrogen) atoms. The van der Waals surface area contributed by atoms with Gasteiger partial charge in [0.05, 0.1) is 0 Å². The summed E-state index contributed by atoms with van der Waals surface area (Å²) >= 11 is 0. The van der Waals surface area contributed by atoms with E-state index >= 15 is 0 Å². The third-order valence-electron chi connectivity index (χ3n) is 3.75. The fourth-order valence-corrected chi connectivity index (χ4v) is 2.56. The number of amides is 2. The minimum atomic E-state index is -0.676. The van der Waals surface area contributed by atoms with E-state index in [9.17, 15) is 9.59 Å². The molecular weight excluding hydrogens is 304 g/mol. The molecular formula is C19H22N2O3. The van der Waals surface area contributed by atoms with Crippen molar-refractivity contribution in [1.29, 1.82) is 0 Å². The zero-order chi connectivity index (χ0) is 17.9. The summed E-state index contributed by atoms with van der Waals surface area (Å²) < 4.78 is 5.62. The Balaban J connectivity index is 2.06. The largest absolute Gasteiger partial charge is 0.481 e. The summed E-state index contributed by atoms with van der Waals surface area (Å²) in [4.78, 5) is 23.4. The number of primary amides is 1. The van der Waals surface area contributed by atoms with E-state index in [1.807, 2.05) is 32.9 Å². The van der Waals surface area contributed by atoms with Crippen molar-refractivity contribution >= 4 is 17.5 Å². The van der Waals surface area contributed by atoms with Crippen LogP contribution in [0.2, 0.25) is 0 Å². The second-order valence-electron chi connectivity index (χ2n) is 5.91. The number of hydrogen-bond donors (Lipinski definition) is 2. The quantitative estimate of drug-likeness (QED) is 0.886. The zero-order valence-corrected chi connectivity index (χ0v) is 14.3. The van der Waals surface area contributed by atoms with E-state index in [4.69, 9.17) is 10.5 Å². The van der Waals surface area contributed by atoms with E-state index in [1.54, 1.807) is 31.2 Å². The highest BCUT2D eigenvalue weighted by Crippen LogP contribution is 2.22. The molecule has 2 aromatic rings. The highest BCUT2D eigenvalue weighted by Gasteiger charge is 2.17. The molecule has 5 heteroatoms. The van der Waals surface area contributed by atoms with Gasteiger partial charge in [0.15, 0.2) is 6.10 Å². The Labute approximate surface area is 141 Å². The van der Waals surface area contributed by atoms with E-state index < -0.39 is 12.0 Å². The predicted octanol–water partition coefficient (Wildman–Crippen LogP) is 3.12. The second kappa shape index (κ2) is 7.17. The first-order valence-electron chi connectivity index (χ1n) is 7.73. The van der Waals surface area contributed by atoms with Gasteiger partial charge in [-0.05, 0) is 63.1 Å². The first-order valence-corrected chi connectivity index (χ1v) is 7.73. The lowest BCUT2D eigenvalue weighted by Gasteiger charge is -2.17. The number of carbonyl (C=O) groups is 2. The molecule has 0 aliphatic rings. The number of rotatable bonds is 5. The van der Waals surface area contributed by atoms with Crippen LogP contribution in [0.4, 0.5) is 5.69 Å². The molecule has 0 aliphatic carbocycles. The summed E-state index contributed by atoms with van der Waals surface area (Å²) in [6, 6.07) is 10.4. The third kappa shape index (κ3) is 4.13. The third-order valence-corrected chi connectivity index (χ3v) is 3.75. The fourth-order valence-electron chi connectivity index (χ4n) is 2.56. The van der Waals surface area contributed by atoms with Gasteiger partial charge in [-0.2, -0.15) is 0 Å². The number of hydrogen-bond acceptors (Lipinski definition) is 3. The summed E-state index contributed by atoms with van der Waals surface area (Å²) in [6.45, 7) is 7.62. The lowest BCUT2D eigenvalue weighted by Crippen LogP contribution is -2.30. The SMILES string of the molecule is Cc1cc(C)c(NC(=O)[C@@H](C)Oc2ccc(C(N)=O)cc2)c(C)c1. The fraction of sp³-hybridized carbons (Fsp3) is 0.263. The summed E-state index contributed by atoms with van der Waals surface area (Å²) in [5, 5.41) is 2.92. The average molecular weight is 326 g/mol. The van der Waals surface area contributed by atoms with Crippen LogP contribution >= 0.6 is 0 Å². The Morgan fingerprint density at radius 2 is 1.58 bits per heavy atom. The molecule has 126 valence electrons. The van der Waals surface area contributed by atoms with Crippen molar-refractivity contribution in [2.75, 3.05) is 5.32 Å². The smallest absolute Gasteiger partial charge is 0.265 e. The Morgan fingerprint density at radius 3 is 2.08 bits per heavy atom. The van der Waals surface area contributed by atoms with Gasteiger partial charge < -0.3 is 15.8 Å². The molecule has 0 bridgehead atoms. The van der Waals surface area contributed by atoms with Gasteiger partial charge in [-0.15, -0.1) is 0 Å². The molecule has 5 nitrogen and oxygen atoms in total. The number of carbonyl (C=O) groups excluding carboxylic acids is 2. The van der Waals surface area contributed by atoms with Crippen LogP contribution in [0.1, 0.15) is 34.0 Å². The van der Waals surface area contributed by atoms with Crippen LogP contribution in [-0.2, 0) is 4.79 Å². The van der Waals surface area contributed by atoms with Crippen molar-refractivity contribution < 1.29 is 14.3 Å². The average Bonchev–Trinajstić information content (AvgIpc) is 2.51. The number of aryl methyl sites for hydroxylation is 3. The number of anilines is 1. The van der Waals surface area contributed by atoms with Gasteiger partial charge in [0.25, 0.3) is 5.91 Å². The van der Waals surface area contributed by atoms with Crippen LogP contribution in [0.25, 0.3) is 0 Å². The highest BCUT2D eigenvalue weighted by molar-refractivity contribution is 5.95. The molecule has 0 saturated heterocycles. The van der Waals surface area contributed by atoms with E-state index in [1.165, 1.54) is 0 Å². The molecule has 0 spiro atoms. The van der Waals surface area contributed by atoms with Crippen molar-refractivity contribution in [3.8, 4) is 5.75 Å². The monoisotopic (exact) mass is 326 g/mol. The summed E-state index contributed by atoms with van der Waals surface area (Å²) in [5.74, 6) is -0.235. The van der Waals surface area contributed by atoms with Crippen LogP contribution in [0.3, 0.4) is 0 Å².